The lowest BCUT2D eigenvalue weighted by molar-refractivity contribution is -0.136. The summed E-state index contributed by atoms with van der Waals surface area (Å²) in [6.07, 6.45) is 2.88. The minimum Gasteiger partial charge on any atom is -0.507 e. The summed E-state index contributed by atoms with van der Waals surface area (Å²) < 4.78 is 4.75. The Hall–Kier alpha value is -3.08. The second-order valence-corrected chi connectivity index (χ2v) is 5.55. The molecule has 0 saturated carbocycles. The quantitative estimate of drug-likeness (QED) is 0.851. The number of methoxy groups -OCH3 is 1. The zero-order valence-electron chi connectivity index (χ0n) is 13.2. The van der Waals surface area contributed by atoms with Crippen LogP contribution in [-0.2, 0) is 16.0 Å². The van der Waals surface area contributed by atoms with Gasteiger partial charge < -0.3 is 15.2 Å². The number of benzene rings is 2. The fourth-order valence-electron chi connectivity index (χ4n) is 2.72. The van der Waals surface area contributed by atoms with Crippen molar-refractivity contribution in [1.29, 1.82) is 0 Å². The Labute approximate surface area is 139 Å². The molecule has 1 aliphatic rings. The van der Waals surface area contributed by atoms with E-state index in [0.29, 0.717) is 24.1 Å². The van der Waals surface area contributed by atoms with E-state index in [0.717, 1.165) is 11.1 Å². The van der Waals surface area contributed by atoms with Crippen LogP contribution in [0.5, 0.6) is 5.75 Å². The van der Waals surface area contributed by atoms with Crippen molar-refractivity contribution in [1.82, 2.24) is 0 Å². The molecule has 0 fully saturated rings. The number of amides is 1. The summed E-state index contributed by atoms with van der Waals surface area (Å²) in [6, 6.07) is 12.2. The van der Waals surface area contributed by atoms with Crippen LogP contribution in [0.15, 0.2) is 48.0 Å². The first-order valence-corrected chi connectivity index (χ1v) is 7.59. The topological polar surface area (TPSA) is 75.6 Å². The number of para-hydroxylation sites is 1. The maximum absolute atomic E-state index is 12.4. The Morgan fingerprint density at radius 3 is 2.58 bits per heavy atom. The van der Waals surface area contributed by atoms with Gasteiger partial charge in [0.2, 0.25) is 0 Å². The zero-order valence-corrected chi connectivity index (χ0v) is 13.2. The van der Waals surface area contributed by atoms with Gasteiger partial charge in [-0.2, -0.15) is 0 Å². The van der Waals surface area contributed by atoms with E-state index < -0.39 is 5.91 Å². The van der Waals surface area contributed by atoms with Gasteiger partial charge in [-0.25, -0.2) is 4.79 Å². The predicted octanol–water partition coefficient (Wildman–Crippen LogP) is 3.15. The first kappa shape index (κ1) is 15.8. The van der Waals surface area contributed by atoms with Gasteiger partial charge in [0.1, 0.15) is 5.75 Å². The molecule has 3 rings (SSSR count). The van der Waals surface area contributed by atoms with Crippen LogP contribution in [-0.4, -0.2) is 24.1 Å². The van der Waals surface area contributed by atoms with Gasteiger partial charge in [-0.1, -0.05) is 18.2 Å². The molecule has 5 heteroatoms. The van der Waals surface area contributed by atoms with Crippen LogP contribution in [0.4, 0.5) is 5.69 Å². The molecule has 0 heterocycles. The van der Waals surface area contributed by atoms with Crippen LogP contribution >= 0.6 is 0 Å². The summed E-state index contributed by atoms with van der Waals surface area (Å²) in [5.74, 6) is -0.846. The third kappa shape index (κ3) is 3.15. The van der Waals surface area contributed by atoms with Crippen LogP contribution in [0.25, 0.3) is 6.08 Å². The standard InChI is InChI=1S/C19H17NO4/c1-24-19(23)13-8-7-12-11-17(21)16(10-14(12)9-13)18(22)20-15-5-3-2-4-6-15/h2-6,9-11,21H,7-8H2,1H3,(H,20,22). The molecule has 0 radical (unpaired) electrons. The number of carbonyl (C=O) groups is 2. The van der Waals surface area contributed by atoms with Crippen molar-refractivity contribution < 1.29 is 19.4 Å². The molecule has 24 heavy (non-hydrogen) atoms. The van der Waals surface area contributed by atoms with E-state index in [9.17, 15) is 14.7 Å². The molecule has 122 valence electrons. The van der Waals surface area contributed by atoms with Gasteiger partial charge in [0.25, 0.3) is 5.91 Å². The first-order valence-electron chi connectivity index (χ1n) is 7.59. The number of aromatic hydroxyl groups is 1. The number of phenolic OH excluding ortho intramolecular Hbond substituents is 1. The van der Waals surface area contributed by atoms with E-state index in [4.69, 9.17) is 4.74 Å². The molecule has 2 aromatic rings. The molecule has 2 N–H and O–H groups in total. The van der Waals surface area contributed by atoms with E-state index in [1.54, 1.807) is 30.3 Å². The number of phenols is 1. The van der Waals surface area contributed by atoms with Crippen molar-refractivity contribution >= 4 is 23.6 Å². The highest BCUT2D eigenvalue weighted by Crippen LogP contribution is 2.30. The molecule has 0 aromatic heterocycles. The molecule has 1 amide bonds. The minimum atomic E-state index is -0.403. The van der Waals surface area contributed by atoms with Gasteiger partial charge in [-0.05, 0) is 54.3 Å². The fourth-order valence-corrected chi connectivity index (χ4v) is 2.72. The van der Waals surface area contributed by atoms with Crippen LogP contribution in [0.1, 0.15) is 27.9 Å². The molecule has 0 saturated heterocycles. The molecule has 0 aliphatic heterocycles. The Kier molecular flexibility index (Phi) is 4.33. The first-order chi connectivity index (χ1) is 11.6. The lowest BCUT2D eigenvalue weighted by Crippen LogP contribution is -2.14. The third-order valence-electron chi connectivity index (χ3n) is 3.97. The molecule has 2 aromatic carbocycles. The van der Waals surface area contributed by atoms with Gasteiger partial charge in [0, 0.05) is 11.3 Å². The van der Waals surface area contributed by atoms with Crippen LogP contribution in [0.2, 0.25) is 0 Å². The summed E-state index contributed by atoms with van der Waals surface area (Å²) in [4.78, 5) is 24.1. The van der Waals surface area contributed by atoms with E-state index in [-0.39, 0.29) is 17.3 Å². The zero-order chi connectivity index (χ0) is 17.1. The van der Waals surface area contributed by atoms with Gasteiger partial charge in [-0.15, -0.1) is 0 Å². The lowest BCUT2D eigenvalue weighted by atomic mass is 9.90. The normalized spacial score (nSPS) is 12.8. The number of carbonyl (C=O) groups excluding carboxylic acids is 2. The van der Waals surface area contributed by atoms with Crippen molar-refractivity contribution in [2.45, 2.75) is 12.8 Å². The van der Waals surface area contributed by atoms with Crippen LogP contribution in [0, 0.1) is 0 Å². The fraction of sp³-hybridized carbons (Fsp3) is 0.158. The maximum Gasteiger partial charge on any atom is 0.333 e. The van der Waals surface area contributed by atoms with E-state index in [2.05, 4.69) is 5.32 Å². The van der Waals surface area contributed by atoms with E-state index in [1.165, 1.54) is 7.11 Å². The van der Waals surface area contributed by atoms with Crippen LogP contribution < -0.4 is 5.32 Å². The van der Waals surface area contributed by atoms with E-state index in [1.807, 2.05) is 18.2 Å². The number of hydrogen-bond donors (Lipinski definition) is 2. The molecule has 5 nitrogen and oxygen atoms in total. The summed E-state index contributed by atoms with van der Waals surface area (Å²) in [7, 11) is 1.34. The number of aryl methyl sites for hydroxylation is 1. The molecular weight excluding hydrogens is 306 g/mol. The summed E-state index contributed by atoms with van der Waals surface area (Å²) in [5, 5.41) is 12.9. The molecule has 0 spiro atoms. The second kappa shape index (κ2) is 6.58. The number of rotatable bonds is 3. The van der Waals surface area contributed by atoms with Crippen LogP contribution in [0.3, 0.4) is 0 Å². The summed E-state index contributed by atoms with van der Waals surface area (Å²) in [5.41, 5.74) is 3.02. The van der Waals surface area contributed by atoms with Gasteiger partial charge in [0.15, 0.2) is 0 Å². The predicted molar refractivity (Wildman–Crippen MR) is 90.8 cm³/mol. The SMILES string of the molecule is COC(=O)C1=Cc2cc(C(=O)Nc3ccccc3)c(O)cc2CC1. The molecule has 0 atom stereocenters. The minimum absolute atomic E-state index is 0.0721. The third-order valence-corrected chi connectivity index (χ3v) is 3.97. The lowest BCUT2D eigenvalue weighted by Gasteiger charge is -2.17. The van der Waals surface area contributed by atoms with Crippen molar-refractivity contribution in [3.8, 4) is 5.75 Å². The Bertz CT molecular complexity index is 825. The maximum atomic E-state index is 12.4. The van der Waals surface area contributed by atoms with Gasteiger partial charge >= 0.3 is 5.97 Å². The molecular formula is C19H17NO4. The molecule has 0 unspecified atom stereocenters. The number of esters is 1. The monoisotopic (exact) mass is 323 g/mol. The van der Waals surface area contributed by atoms with Crippen molar-refractivity contribution in [3.05, 3.63) is 64.7 Å². The highest BCUT2D eigenvalue weighted by molar-refractivity contribution is 6.07. The van der Waals surface area contributed by atoms with Crippen molar-refractivity contribution in [2.24, 2.45) is 0 Å². The number of fused-ring (bicyclic) bond motifs is 1. The largest absolute Gasteiger partial charge is 0.507 e. The highest BCUT2D eigenvalue weighted by atomic mass is 16.5. The smallest absolute Gasteiger partial charge is 0.333 e. The number of anilines is 1. The van der Waals surface area contributed by atoms with Gasteiger partial charge in [-0.3, -0.25) is 4.79 Å². The average Bonchev–Trinajstić information content (AvgIpc) is 2.60. The molecule has 1 aliphatic carbocycles. The number of nitrogens with one attached hydrogen (secondary N) is 1. The van der Waals surface area contributed by atoms with Gasteiger partial charge in [0.05, 0.1) is 12.7 Å². The van der Waals surface area contributed by atoms with Crippen molar-refractivity contribution in [3.63, 3.8) is 0 Å². The number of ether oxygens (including phenoxy) is 1. The second-order valence-electron chi connectivity index (χ2n) is 5.55. The Morgan fingerprint density at radius 1 is 1.12 bits per heavy atom. The number of hydrogen-bond acceptors (Lipinski definition) is 4. The highest BCUT2D eigenvalue weighted by Gasteiger charge is 2.20. The average molecular weight is 323 g/mol. The van der Waals surface area contributed by atoms with Crippen molar-refractivity contribution in [2.75, 3.05) is 12.4 Å². The molecule has 0 bridgehead atoms. The Morgan fingerprint density at radius 2 is 1.88 bits per heavy atom. The van der Waals surface area contributed by atoms with E-state index >= 15 is 0 Å². The Balaban J connectivity index is 1.92. The summed E-state index contributed by atoms with van der Waals surface area (Å²) >= 11 is 0. The summed E-state index contributed by atoms with van der Waals surface area (Å²) in [6.45, 7) is 0.